The van der Waals surface area contributed by atoms with Gasteiger partial charge in [-0.1, -0.05) is 128 Å². The topological polar surface area (TPSA) is 20.2 Å². The van der Waals surface area contributed by atoms with Crippen molar-refractivity contribution in [3.63, 3.8) is 0 Å². The Morgan fingerprint density at radius 3 is 1.46 bits per heavy atom. The minimum Gasteiger partial charge on any atom is -0.393 e. The quantitative estimate of drug-likeness (QED) is 0.0695. The Balaban J connectivity index is 3.29. The van der Waals surface area contributed by atoms with E-state index in [0.29, 0.717) is 0 Å². The van der Waals surface area contributed by atoms with Crippen molar-refractivity contribution in [2.45, 2.75) is 174 Å². The van der Waals surface area contributed by atoms with Crippen molar-refractivity contribution < 1.29 is 5.11 Å². The average Bonchev–Trinajstić information content (AvgIpc) is 2.86. The van der Waals surface area contributed by atoms with Crippen LogP contribution in [0.3, 0.4) is 0 Å². The molecule has 0 radical (unpaired) electrons. The SMILES string of the molecule is CCCCC=CCC=CCCCCCCCCC(O)CCCCCCCCC=C=CCCCCC. The van der Waals surface area contributed by atoms with Crippen LogP contribution in [0.5, 0.6) is 0 Å². The van der Waals surface area contributed by atoms with E-state index in [4.69, 9.17) is 0 Å². The van der Waals surface area contributed by atoms with Gasteiger partial charge >= 0.3 is 0 Å². The molecular formula is C34H62O. The third-order valence-electron chi connectivity index (χ3n) is 6.81. The predicted octanol–water partition coefficient (Wildman–Crippen LogP) is 11.6. The largest absolute Gasteiger partial charge is 0.393 e. The number of unbranched alkanes of at least 4 members (excludes halogenated alkanes) is 17. The smallest absolute Gasteiger partial charge is 0.0540 e. The number of aliphatic hydroxyl groups excluding tert-OH is 1. The maximum absolute atomic E-state index is 10.2. The van der Waals surface area contributed by atoms with E-state index in [9.17, 15) is 5.11 Å². The second kappa shape index (κ2) is 31.0. The summed E-state index contributed by atoms with van der Waals surface area (Å²) in [5.41, 5.74) is 3.33. The minimum absolute atomic E-state index is 0.0644. The molecule has 0 aliphatic heterocycles. The highest BCUT2D eigenvalue weighted by Crippen LogP contribution is 2.15. The van der Waals surface area contributed by atoms with Gasteiger partial charge in [0.05, 0.1) is 6.10 Å². The molecule has 0 spiro atoms. The first-order chi connectivity index (χ1) is 17.3. The first-order valence-electron chi connectivity index (χ1n) is 15.7. The Morgan fingerprint density at radius 1 is 0.486 bits per heavy atom. The Hall–Kier alpha value is -1.04. The van der Waals surface area contributed by atoms with Crippen LogP contribution in [0.4, 0.5) is 0 Å². The van der Waals surface area contributed by atoms with E-state index in [2.05, 4.69) is 56.0 Å². The van der Waals surface area contributed by atoms with E-state index in [0.717, 1.165) is 19.3 Å². The molecule has 0 aliphatic rings. The molecule has 0 aromatic rings. The molecule has 0 aromatic heterocycles. The van der Waals surface area contributed by atoms with Gasteiger partial charge in [0.25, 0.3) is 0 Å². The highest BCUT2D eigenvalue weighted by Gasteiger charge is 2.03. The van der Waals surface area contributed by atoms with Gasteiger partial charge in [0.2, 0.25) is 0 Å². The fourth-order valence-electron chi connectivity index (χ4n) is 4.40. The number of hydrogen-bond acceptors (Lipinski definition) is 1. The Kier molecular flexibility index (Phi) is 30.1. The second-order valence-electron chi connectivity index (χ2n) is 10.4. The highest BCUT2D eigenvalue weighted by molar-refractivity contribution is 4.92. The molecule has 0 heterocycles. The summed E-state index contributed by atoms with van der Waals surface area (Å²) in [6.07, 6.45) is 43.8. The number of rotatable bonds is 27. The Morgan fingerprint density at radius 2 is 0.914 bits per heavy atom. The van der Waals surface area contributed by atoms with E-state index in [-0.39, 0.29) is 6.10 Å². The normalized spacial score (nSPS) is 12.4. The fourth-order valence-corrected chi connectivity index (χ4v) is 4.40. The van der Waals surface area contributed by atoms with Gasteiger partial charge in [-0.2, -0.15) is 0 Å². The van der Waals surface area contributed by atoms with Crippen molar-refractivity contribution in [3.8, 4) is 0 Å². The summed E-state index contributed by atoms with van der Waals surface area (Å²) < 4.78 is 0. The van der Waals surface area contributed by atoms with Crippen LogP contribution in [0.15, 0.2) is 42.2 Å². The lowest BCUT2D eigenvalue weighted by atomic mass is 10.0. The third kappa shape index (κ3) is 30.9. The Labute approximate surface area is 221 Å². The summed E-state index contributed by atoms with van der Waals surface area (Å²) in [6.45, 7) is 4.50. The van der Waals surface area contributed by atoms with Crippen molar-refractivity contribution in [1.29, 1.82) is 0 Å². The lowest BCUT2D eigenvalue weighted by Crippen LogP contribution is -2.05. The van der Waals surface area contributed by atoms with Crippen LogP contribution >= 0.6 is 0 Å². The van der Waals surface area contributed by atoms with Crippen molar-refractivity contribution in [1.82, 2.24) is 0 Å². The summed E-state index contributed by atoms with van der Waals surface area (Å²) in [5, 5.41) is 10.2. The zero-order valence-electron chi connectivity index (χ0n) is 24.0. The standard InChI is InChI=1S/C34H62O/c1-3-5-7-9-11-13-15-17-19-21-23-25-27-29-31-33-34(35)32-30-28-26-24-22-20-18-16-14-12-10-8-6-4-2/h9,11-12,15-17,34-35H,3-8,10,13,18-33H2,1-2H3. The van der Waals surface area contributed by atoms with Crippen LogP contribution in [0, 0.1) is 0 Å². The van der Waals surface area contributed by atoms with Crippen molar-refractivity contribution in [2.75, 3.05) is 0 Å². The first-order valence-corrected chi connectivity index (χ1v) is 15.7. The number of hydrogen-bond donors (Lipinski definition) is 1. The molecule has 0 aliphatic carbocycles. The first kappa shape index (κ1) is 34.0. The van der Waals surface area contributed by atoms with Crippen molar-refractivity contribution in [2.24, 2.45) is 0 Å². The van der Waals surface area contributed by atoms with E-state index < -0.39 is 0 Å². The molecule has 1 heteroatoms. The van der Waals surface area contributed by atoms with Gasteiger partial charge in [0.1, 0.15) is 0 Å². The molecule has 0 bridgehead atoms. The highest BCUT2D eigenvalue weighted by atomic mass is 16.3. The zero-order chi connectivity index (χ0) is 25.5. The lowest BCUT2D eigenvalue weighted by molar-refractivity contribution is 0.147. The fraction of sp³-hybridized carbons (Fsp3) is 0.794. The predicted molar refractivity (Wildman–Crippen MR) is 159 cm³/mol. The molecule has 1 N–H and O–H groups in total. The van der Waals surface area contributed by atoms with Crippen LogP contribution in [0.1, 0.15) is 168 Å². The van der Waals surface area contributed by atoms with Gasteiger partial charge < -0.3 is 5.11 Å². The van der Waals surface area contributed by atoms with Crippen molar-refractivity contribution >= 4 is 0 Å². The van der Waals surface area contributed by atoms with Crippen LogP contribution in [0.25, 0.3) is 0 Å². The van der Waals surface area contributed by atoms with Gasteiger partial charge in [-0.15, -0.1) is 5.73 Å². The Bertz CT molecular complexity index is 509. The molecule has 0 fully saturated rings. The summed E-state index contributed by atoms with van der Waals surface area (Å²) in [7, 11) is 0. The summed E-state index contributed by atoms with van der Waals surface area (Å²) in [5.74, 6) is 0. The molecule has 1 atom stereocenters. The number of allylic oxidation sites excluding steroid dienone is 5. The summed E-state index contributed by atoms with van der Waals surface area (Å²) in [6, 6.07) is 0. The molecule has 0 amide bonds. The molecule has 0 saturated carbocycles. The summed E-state index contributed by atoms with van der Waals surface area (Å²) in [4.78, 5) is 0. The molecule has 0 rings (SSSR count). The van der Waals surface area contributed by atoms with Crippen LogP contribution in [-0.2, 0) is 0 Å². The van der Waals surface area contributed by atoms with Gasteiger partial charge in [0, 0.05) is 0 Å². The molecule has 1 nitrogen and oxygen atoms in total. The van der Waals surface area contributed by atoms with Gasteiger partial charge in [0.15, 0.2) is 0 Å². The third-order valence-corrected chi connectivity index (χ3v) is 6.81. The van der Waals surface area contributed by atoms with E-state index >= 15 is 0 Å². The second-order valence-corrected chi connectivity index (χ2v) is 10.4. The molecule has 35 heavy (non-hydrogen) atoms. The van der Waals surface area contributed by atoms with E-state index in [1.807, 2.05) is 0 Å². The van der Waals surface area contributed by atoms with Crippen LogP contribution < -0.4 is 0 Å². The molecule has 1 unspecified atom stereocenters. The van der Waals surface area contributed by atoms with Crippen LogP contribution in [-0.4, -0.2) is 11.2 Å². The molecule has 204 valence electrons. The summed E-state index contributed by atoms with van der Waals surface area (Å²) >= 11 is 0. The van der Waals surface area contributed by atoms with Crippen LogP contribution in [0.2, 0.25) is 0 Å². The van der Waals surface area contributed by atoms with Gasteiger partial charge in [-0.05, 0) is 76.4 Å². The molecular weight excluding hydrogens is 424 g/mol. The van der Waals surface area contributed by atoms with Crippen molar-refractivity contribution in [3.05, 3.63) is 42.2 Å². The molecule has 0 aromatic carbocycles. The lowest BCUT2D eigenvalue weighted by Gasteiger charge is -2.10. The zero-order valence-corrected chi connectivity index (χ0v) is 24.0. The maximum Gasteiger partial charge on any atom is 0.0540 e. The monoisotopic (exact) mass is 486 g/mol. The van der Waals surface area contributed by atoms with E-state index in [1.165, 1.54) is 135 Å². The average molecular weight is 487 g/mol. The van der Waals surface area contributed by atoms with Gasteiger partial charge in [-0.3, -0.25) is 0 Å². The van der Waals surface area contributed by atoms with E-state index in [1.54, 1.807) is 0 Å². The number of aliphatic hydroxyl groups is 1. The molecule has 0 saturated heterocycles. The van der Waals surface area contributed by atoms with Gasteiger partial charge in [-0.25, -0.2) is 0 Å². The minimum atomic E-state index is -0.0644. The maximum atomic E-state index is 10.2.